The fourth-order valence-corrected chi connectivity index (χ4v) is 2.69. The standard InChI is InChI=1S/C16H23N3O2/c1-12(15(20)17-2)19-10-8-13(9-11-19)16(21)18-14-6-4-3-5-7-14/h3-7,12-13H,8-11H2,1-2H3,(H,17,20)(H,18,21)/t12-/m0/s1. The summed E-state index contributed by atoms with van der Waals surface area (Å²) >= 11 is 0. The largest absolute Gasteiger partial charge is 0.358 e. The van der Waals surface area contributed by atoms with E-state index in [1.54, 1.807) is 7.05 Å². The number of anilines is 1. The highest BCUT2D eigenvalue weighted by Crippen LogP contribution is 2.21. The molecule has 5 nitrogen and oxygen atoms in total. The topological polar surface area (TPSA) is 61.4 Å². The van der Waals surface area contributed by atoms with E-state index < -0.39 is 0 Å². The molecule has 1 saturated heterocycles. The van der Waals surface area contributed by atoms with Crippen LogP contribution in [0.5, 0.6) is 0 Å². The maximum Gasteiger partial charge on any atom is 0.236 e. The van der Waals surface area contributed by atoms with Crippen LogP contribution in [0.15, 0.2) is 30.3 Å². The Kier molecular flexibility index (Phi) is 5.33. The summed E-state index contributed by atoms with van der Waals surface area (Å²) in [7, 11) is 1.65. The number of carbonyl (C=O) groups excluding carboxylic acids is 2. The van der Waals surface area contributed by atoms with Crippen molar-refractivity contribution in [3.63, 3.8) is 0 Å². The molecule has 0 radical (unpaired) electrons. The molecule has 0 spiro atoms. The van der Waals surface area contributed by atoms with Gasteiger partial charge >= 0.3 is 0 Å². The highest BCUT2D eigenvalue weighted by Gasteiger charge is 2.29. The Morgan fingerprint density at radius 2 is 1.81 bits per heavy atom. The lowest BCUT2D eigenvalue weighted by molar-refractivity contribution is -0.126. The lowest BCUT2D eigenvalue weighted by atomic mass is 9.95. The zero-order chi connectivity index (χ0) is 15.2. The third-order valence-electron chi connectivity index (χ3n) is 4.12. The summed E-state index contributed by atoms with van der Waals surface area (Å²) in [5.74, 6) is 0.133. The second-order valence-electron chi connectivity index (χ2n) is 5.46. The average molecular weight is 289 g/mol. The zero-order valence-corrected chi connectivity index (χ0v) is 12.6. The summed E-state index contributed by atoms with van der Waals surface area (Å²) in [5.41, 5.74) is 0.837. The van der Waals surface area contributed by atoms with E-state index in [1.165, 1.54) is 0 Å². The second-order valence-corrected chi connectivity index (χ2v) is 5.46. The van der Waals surface area contributed by atoms with Crippen LogP contribution in [0.4, 0.5) is 5.69 Å². The molecular formula is C16H23N3O2. The molecule has 21 heavy (non-hydrogen) atoms. The van der Waals surface area contributed by atoms with E-state index in [4.69, 9.17) is 0 Å². The van der Waals surface area contributed by atoms with Crippen molar-refractivity contribution in [3.05, 3.63) is 30.3 Å². The number of para-hydroxylation sites is 1. The predicted octanol–water partition coefficient (Wildman–Crippen LogP) is 1.47. The van der Waals surface area contributed by atoms with E-state index in [0.29, 0.717) is 0 Å². The Morgan fingerprint density at radius 3 is 2.38 bits per heavy atom. The summed E-state index contributed by atoms with van der Waals surface area (Å²) in [5, 5.41) is 5.62. The molecule has 0 saturated carbocycles. The van der Waals surface area contributed by atoms with Crippen LogP contribution in [-0.4, -0.2) is 42.9 Å². The molecule has 0 unspecified atom stereocenters. The molecule has 1 aromatic carbocycles. The number of likely N-dealkylation sites (N-methyl/N-ethyl adjacent to an activating group) is 1. The van der Waals surface area contributed by atoms with Gasteiger partial charge in [-0.1, -0.05) is 18.2 Å². The van der Waals surface area contributed by atoms with Crippen LogP contribution in [0.2, 0.25) is 0 Å². The molecule has 1 atom stereocenters. The quantitative estimate of drug-likeness (QED) is 0.882. The summed E-state index contributed by atoms with van der Waals surface area (Å²) in [6.45, 7) is 3.46. The fourth-order valence-electron chi connectivity index (χ4n) is 2.69. The van der Waals surface area contributed by atoms with Gasteiger partial charge in [0, 0.05) is 18.7 Å². The van der Waals surface area contributed by atoms with E-state index in [9.17, 15) is 9.59 Å². The van der Waals surface area contributed by atoms with Crippen molar-refractivity contribution in [3.8, 4) is 0 Å². The minimum atomic E-state index is -0.131. The Hall–Kier alpha value is -1.88. The third kappa shape index (κ3) is 4.04. The number of benzene rings is 1. The van der Waals surface area contributed by atoms with Crippen molar-refractivity contribution < 1.29 is 9.59 Å². The molecule has 0 aromatic heterocycles. The van der Waals surface area contributed by atoms with Crippen LogP contribution in [-0.2, 0) is 9.59 Å². The molecule has 1 aliphatic rings. The van der Waals surface area contributed by atoms with Gasteiger partial charge in [0.1, 0.15) is 0 Å². The van der Waals surface area contributed by atoms with Crippen molar-refractivity contribution in [1.82, 2.24) is 10.2 Å². The van der Waals surface area contributed by atoms with E-state index in [0.717, 1.165) is 31.6 Å². The Balaban J connectivity index is 1.83. The predicted molar refractivity (Wildman–Crippen MR) is 82.9 cm³/mol. The van der Waals surface area contributed by atoms with Gasteiger partial charge in [0.05, 0.1) is 6.04 Å². The molecule has 5 heteroatoms. The maximum atomic E-state index is 12.2. The van der Waals surface area contributed by atoms with Crippen molar-refractivity contribution in [1.29, 1.82) is 0 Å². The van der Waals surface area contributed by atoms with Gasteiger partial charge < -0.3 is 10.6 Å². The van der Waals surface area contributed by atoms with Crippen LogP contribution >= 0.6 is 0 Å². The van der Waals surface area contributed by atoms with E-state index in [2.05, 4.69) is 15.5 Å². The summed E-state index contributed by atoms with van der Waals surface area (Å²) in [6.07, 6.45) is 1.58. The van der Waals surface area contributed by atoms with Crippen LogP contribution in [0, 0.1) is 5.92 Å². The number of hydrogen-bond donors (Lipinski definition) is 2. The number of amides is 2. The molecule has 114 valence electrons. The van der Waals surface area contributed by atoms with Crippen molar-refractivity contribution in [2.24, 2.45) is 5.92 Å². The zero-order valence-electron chi connectivity index (χ0n) is 12.6. The number of rotatable bonds is 4. The van der Waals surface area contributed by atoms with E-state index >= 15 is 0 Å². The molecule has 2 amide bonds. The SMILES string of the molecule is CNC(=O)[C@H](C)N1CCC(C(=O)Nc2ccccc2)CC1. The number of nitrogens with one attached hydrogen (secondary N) is 2. The highest BCUT2D eigenvalue weighted by molar-refractivity contribution is 5.92. The van der Waals surface area contributed by atoms with Gasteiger partial charge in [-0.15, -0.1) is 0 Å². The molecule has 1 fully saturated rings. The molecule has 2 rings (SSSR count). The van der Waals surface area contributed by atoms with Crippen LogP contribution < -0.4 is 10.6 Å². The molecule has 1 aromatic rings. The Morgan fingerprint density at radius 1 is 1.19 bits per heavy atom. The number of hydrogen-bond acceptors (Lipinski definition) is 3. The number of carbonyl (C=O) groups is 2. The van der Waals surface area contributed by atoms with E-state index in [-0.39, 0.29) is 23.8 Å². The smallest absolute Gasteiger partial charge is 0.236 e. The van der Waals surface area contributed by atoms with Crippen molar-refractivity contribution >= 4 is 17.5 Å². The van der Waals surface area contributed by atoms with E-state index in [1.807, 2.05) is 37.3 Å². The minimum absolute atomic E-state index is 0.0262. The van der Waals surface area contributed by atoms with Gasteiger partial charge in [-0.25, -0.2) is 0 Å². The summed E-state index contributed by atoms with van der Waals surface area (Å²) in [4.78, 5) is 26.0. The minimum Gasteiger partial charge on any atom is -0.358 e. The first-order valence-corrected chi connectivity index (χ1v) is 7.43. The number of piperidine rings is 1. The normalized spacial score (nSPS) is 18.0. The summed E-state index contributed by atoms with van der Waals surface area (Å²) in [6, 6.07) is 9.38. The van der Waals surface area contributed by atoms with Crippen LogP contribution in [0.25, 0.3) is 0 Å². The first-order chi connectivity index (χ1) is 10.1. The second kappa shape index (κ2) is 7.22. The van der Waals surface area contributed by atoms with Crippen LogP contribution in [0.1, 0.15) is 19.8 Å². The molecule has 2 N–H and O–H groups in total. The van der Waals surface area contributed by atoms with Gasteiger partial charge in [-0.3, -0.25) is 14.5 Å². The summed E-state index contributed by atoms with van der Waals surface area (Å²) < 4.78 is 0. The molecule has 1 heterocycles. The first-order valence-electron chi connectivity index (χ1n) is 7.43. The fraction of sp³-hybridized carbons (Fsp3) is 0.500. The van der Waals surface area contributed by atoms with Gasteiger partial charge in [-0.2, -0.15) is 0 Å². The first kappa shape index (κ1) is 15.5. The van der Waals surface area contributed by atoms with Crippen molar-refractivity contribution in [2.75, 3.05) is 25.5 Å². The van der Waals surface area contributed by atoms with Crippen molar-refractivity contribution in [2.45, 2.75) is 25.8 Å². The molecular weight excluding hydrogens is 266 g/mol. The molecule has 0 bridgehead atoms. The molecule has 1 aliphatic heterocycles. The highest BCUT2D eigenvalue weighted by atomic mass is 16.2. The Bertz CT molecular complexity index is 482. The lowest BCUT2D eigenvalue weighted by Crippen LogP contribution is -2.48. The number of likely N-dealkylation sites (tertiary alicyclic amines) is 1. The average Bonchev–Trinajstić information content (AvgIpc) is 2.54. The number of nitrogens with zero attached hydrogens (tertiary/aromatic N) is 1. The Labute approximate surface area is 125 Å². The van der Waals surface area contributed by atoms with Gasteiger partial charge in [-0.05, 0) is 45.0 Å². The van der Waals surface area contributed by atoms with Gasteiger partial charge in [0.25, 0.3) is 0 Å². The monoisotopic (exact) mass is 289 g/mol. The van der Waals surface area contributed by atoms with Crippen LogP contribution in [0.3, 0.4) is 0 Å². The van der Waals surface area contributed by atoms with Gasteiger partial charge in [0.2, 0.25) is 11.8 Å². The lowest BCUT2D eigenvalue weighted by Gasteiger charge is -2.34. The molecule has 0 aliphatic carbocycles. The van der Waals surface area contributed by atoms with Gasteiger partial charge in [0.15, 0.2) is 0 Å². The maximum absolute atomic E-state index is 12.2. The third-order valence-corrected chi connectivity index (χ3v) is 4.12.